The summed E-state index contributed by atoms with van der Waals surface area (Å²) < 4.78 is 6.80. The van der Waals surface area contributed by atoms with E-state index in [1.54, 1.807) is 0 Å². The quantitative estimate of drug-likeness (QED) is 0.809. The van der Waals surface area contributed by atoms with Crippen molar-refractivity contribution in [1.29, 1.82) is 0 Å². The van der Waals surface area contributed by atoms with Crippen LogP contribution in [0.25, 0.3) is 5.69 Å². The minimum atomic E-state index is -0.902. The molecule has 1 aliphatic rings. The third-order valence-electron chi connectivity index (χ3n) is 4.63. The number of carboxylic acid groups (broad SMARTS) is 1. The number of carboxylic acids is 1. The number of aliphatic carboxylic acids is 1. The Kier molecular flexibility index (Phi) is 5.62. The van der Waals surface area contributed by atoms with E-state index in [1.807, 2.05) is 31.2 Å². The number of carbonyl (C=O) groups is 2. The predicted molar refractivity (Wildman–Crippen MR) is 93.1 cm³/mol. The van der Waals surface area contributed by atoms with Crippen molar-refractivity contribution in [3.63, 3.8) is 0 Å². The summed E-state index contributed by atoms with van der Waals surface area (Å²) >= 11 is 0. The number of benzene rings is 1. The van der Waals surface area contributed by atoms with Crippen LogP contribution in [0.4, 0.5) is 0 Å². The third-order valence-corrected chi connectivity index (χ3v) is 4.63. The Morgan fingerprint density at radius 3 is 2.85 bits per heavy atom. The molecule has 1 atom stereocenters. The standard InChI is InChI=1S/C18H22N4O4/c1-12-3-2-4-14(9-12)22-11-16(20-21-22)17(23)19-10-15(18(24)25)13-5-7-26-8-6-13/h2-4,9,11,13,15H,5-8,10H2,1H3,(H,19,23)(H,24,25). The van der Waals surface area contributed by atoms with Gasteiger partial charge in [-0.3, -0.25) is 9.59 Å². The van der Waals surface area contributed by atoms with Crippen LogP contribution < -0.4 is 5.32 Å². The van der Waals surface area contributed by atoms with Gasteiger partial charge in [0, 0.05) is 19.8 Å². The monoisotopic (exact) mass is 358 g/mol. The fourth-order valence-corrected chi connectivity index (χ4v) is 3.13. The summed E-state index contributed by atoms with van der Waals surface area (Å²) in [6.45, 7) is 3.16. The Bertz CT molecular complexity index is 783. The van der Waals surface area contributed by atoms with Gasteiger partial charge in [0.1, 0.15) is 0 Å². The molecule has 8 heteroatoms. The first-order chi connectivity index (χ1) is 12.5. The predicted octanol–water partition coefficient (Wildman–Crippen LogP) is 1.43. The average Bonchev–Trinajstić information content (AvgIpc) is 3.13. The Morgan fingerprint density at radius 2 is 2.15 bits per heavy atom. The maximum Gasteiger partial charge on any atom is 0.308 e. The number of nitrogens with one attached hydrogen (secondary N) is 1. The number of aryl methyl sites for hydroxylation is 1. The second-order valence-corrected chi connectivity index (χ2v) is 6.49. The van der Waals surface area contributed by atoms with E-state index in [-0.39, 0.29) is 18.2 Å². The highest BCUT2D eigenvalue weighted by molar-refractivity contribution is 5.92. The van der Waals surface area contributed by atoms with E-state index in [4.69, 9.17) is 4.74 Å². The van der Waals surface area contributed by atoms with Crippen molar-refractivity contribution in [2.75, 3.05) is 19.8 Å². The van der Waals surface area contributed by atoms with E-state index in [1.165, 1.54) is 10.9 Å². The van der Waals surface area contributed by atoms with Crippen LogP contribution in [0.1, 0.15) is 28.9 Å². The van der Waals surface area contributed by atoms with E-state index in [2.05, 4.69) is 15.6 Å². The van der Waals surface area contributed by atoms with Gasteiger partial charge in [-0.2, -0.15) is 0 Å². The summed E-state index contributed by atoms with van der Waals surface area (Å²) in [6, 6.07) is 7.67. The summed E-state index contributed by atoms with van der Waals surface area (Å²) in [5.74, 6) is -1.96. The number of hydrogen-bond donors (Lipinski definition) is 2. The molecular formula is C18H22N4O4. The lowest BCUT2D eigenvalue weighted by molar-refractivity contribution is -0.144. The van der Waals surface area contributed by atoms with Gasteiger partial charge in [0.05, 0.1) is 17.8 Å². The fourth-order valence-electron chi connectivity index (χ4n) is 3.13. The molecule has 138 valence electrons. The maximum atomic E-state index is 12.3. The van der Waals surface area contributed by atoms with Gasteiger partial charge in [0.15, 0.2) is 5.69 Å². The van der Waals surface area contributed by atoms with E-state index in [9.17, 15) is 14.7 Å². The third kappa shape index (κ3) is 4.26. The van der Waals surface area contributed by atoms with Gasteiger partial charge in [0.25, 0.3) is 5.91 Å². The van der Waals surface area contributed by atoms with Gasteiger partial charge in [0.2, 0.25) is 0 Å². The number of ether oxygens (including phenoxy) is 1. The molecule has 2 aromatic rings. The Balaban J connectivity index is 1.63. The minimum absolute atomic E-state index is 0.00419. The number of hydrogen-bond acceptors (Lipinski definition) is 5. The van der Waals surface area contributed by atoms with Crippen LogP contribution in [-0.2, 0) is 9.53 Å². The van der Waals surface area contributed by atoms with Crippen molar-refractivity contribution < 1.29 is 19.4 Å². The second kappa shape index (κ2) is 8.09. The van der Waals surface area contributed by atoms with Crippen LogP contribution in [0.15, 0.2) is 30.5 Å². The van der Waals surface area contributed by atoms with E-state index >= 15 is 0 Å². The van der Waals surface area contributed by atoms with Crippen LogP contribution in [0.2, 0.25) is 0 Å². The zero-order valence-corrected chi connectivity index (χ0v) is 14.6. The molecule has 1 amide bonds. The number of nitrogens with zero attached hydrogens (tertiary/aromatic N) is 3. The normalized spacial score (nSPS) is 16.2. The van der Waals surface area contributed by atoms with Gasteiger partial charge in [-0.15, -0.1) is 5.10 Å². The van der Waals surface area contributed by atoms with Crippen LogP contribution >= 0.6 is 0 Å². The number of carbonyl (C=O) groups excluding carboxylic acids is 1. The number of aromatic nitrogens is 3. The Labute approximate surface area is 151 Å². The molecule has 0 aliphatic carbocycles. The highest BCUT2D eigenvalue weighted by Crippen LogP contribution is 2.23. The zero-order valence-electron chi connectivity index (χ0n) is 14.6. The molecule has 2 heterocycles. The molecule has 1 fully saturated rings. The number of rotatable bonds is 6. The first kappa shape index (κ1) is 18.1. The van der Waals surface area contributed by atoms with Crippen molar-refractivity contribution in [2.45, 2.75) is 19.8 Å². The summed E-state index contributed by atoms with van der Waals surface area (Å²) in [4.78, 5) is 23.9. The molecule has 2 N–H and O–H groups in total. The van der Waals surface area contributed by atoms with E-state index in [0.717, 1.165) is 11.3 Å². The molecule has 26 heavy (non-hydrogen) atoms. The molecule has 1 aromatic carbocycles. The van der Waals surface area contributed by atoms with Crippen molar-refractivity contribution >= 4 is 11.9 Å². The molecule has 3 rings (SSSR count). The molecule has 0 spiro atoms. The lowest BCUT2D eigenvalue weighted by Gasteiger charge is -2.27. The molecule has 1 saturated heterocycles. The van der Waals surface area contributed by atoms with Gasteiger partial charge in [-0.05, 0) is 43.4 Å². The summed E-state index contributed by atoms with van der Waals surface area (Å²) in [5, 5.41) is 20.0. The molecule has 1 aliphatic heterocycles. The Hall–Kier alpha value is -2.74. The summed E-state index contributed by atoms with van der Waals surface area (Å²) in [6.07, 6.45) is 2.92. The molecule has 0 bridgehead atoms. The maximum absolute atomic E-state index is 12.3. The van der Waals surface area contributed by atoms with Gasteiger partial charge >= 0.3 is 5.97 Å². The Morgan fingerprint density at radius 1 is 1.38 bits per heavy atom. The average molecular weight is 358 g/mol. The second-order valence-electron chi connectivity index (χ2n) is 6.49. The largest absolute Gasteiger partial charge is 0.481 e. The van der Waals surface area contributed by atoms with Gasteiger partial charge in [-0.1, -0.05) is 17.3 Å². The van der Waals surface area contributed by atoms with Crippen molar-refractivity contribution in [1.82, 2.24) is 20.3 Å². The fraction of sp³-hybridized carbons (Fsp3) is 0.444. The first-order valence-electron chi connectivity index (χ1n) is 8.62. The molecule has 1 aromatic heterocycles. The topological polar surface area (TPSA) is 106 Å². The summed E-state index contributed by atoms with van der Waals surface area (Å²) in [5.41, 5.74) is 2.04. The SMILES string of the molecule is Cc1cccc(-n2cc(C(=O)NCC(C(=O)O)C3CCOCC3)nn2)c1. The van der Waals surface area contributed by atoms with Crippen molar-refractivity contribution in [3.8, 4) is 5.69 Å². The van der Waals surface area contributed by atoms with Crippen LogP contribution in [0.5, 0.6) is 0 Å². The van der Waals surface area contributed by atoms with Gasteiger partial charge < -0.3 is 15.2 Å². The number of amides is 1. The van der Waals surface area contributed by atoms with Crippen molar-refractivity contribution in [2.24, 2.45) is 11.8 Å². The molecule has 1 unspecified atom stereocenters. The molecular weight excluding hydrogens is 336 g/mol. The smallest absolute Gasteiger partial charge is 0.308 e. The lowest BCUT2D eigenvalue weighted by atomic mass is 9.86. The first-order valence-corrected chi connectivity index (χ1v) is 8.62. The van der Waals surface area contributed by atoms with E-state index in [0.29, 0.717) is 26.1 Å². The lowest BCUT2D eigenvalue weighted by Crippen LogP contribution is -2.39. The van der Waals surface area contributed by atoms with Gasteiger partial charge in [-0.25, -0.2) is 4.68 Å². The zero-order chi connectivity index (χ0) is 18.5. The van der Waals surface area contributed by atoms with E-state index < -0.39 is 17.8 Å². The minimum Gasteiger partial charge on any atom is -0.481 e. The van der Waals surface area contributed by atoms with Crippen LogP contribution in [-0.4, -0.2) is 51.7 Å². The molecule has 0 saturated carbocycles. The van der Waals surface area contributed by atoms with Crippen LogP contribution in [0.3, 0.4) is 0 Å². The highest BCUT2D eigenvalue weighted by Gasteiger charge is 2.30. The highest BCUT2D eigenvalue weighted by atomic mass is 16.5. The molecule has 8 nitrogen and oxygen atoms in total. The summed E-state index contributed by atoms with van der Waals surface area (Å²) in [7, 11) is 0. The molecule has 0 radical (unpaired) electrons. The van der Waals surface area contributed by atoms with Crippen molar-refractivity contribution in [3.05, 3.63) is 41.7 Å². The van der Waals surface area contributed by atoms with Crippen LogP contribution in [0, 0.1) is 18.8 Å².